The van der Waals surface area contributed by atoms with Crippen LogP contribution in [-0.4, -0.2) is 92.5 Å². The molecule has 1 fully saturated rings. The molecule has 3 N–H and O–H groups in total. The largest absolute Gasteiger partial charge is 0.493 e. The normalized spacial score (nSPS) is 14.9. The van der Waals surface area contributed by atoms with E-state index in [1.807, 2.05) is 49.4 Å². The van der Waals surface area contributed by atoms with Crippen molar-refractivity contribution in [2.75, 3.05) is 46.5 Å². The Hall–Kier alpha value is -4.46. The first-order valence-corrected chi connectivity index (χ1v) is 18.7. The van der Waals surface area contributed by atoms with Crippen molar-refractivity contribution < 1.29 is 37.0 Å². The Labute approximate surface area is 316 Å². The minimum Gasteiger partial charge on any atom is -0.493 e. The standard InChI is InChI=1S/C41H54F3N5O5/c1-4-6-22-46-40(45)47-38(50)36(54-39(51)41(42,43)44)27-32-18-19-34(31-16-11-8-12-17-31)37(53-26-13-25-52-3)35(32)29-48-23-20-33(21-24-48)49(5-2)28-30-14-9-7-10-15-30/h7-12,14-19,33,36H,4-6,13,20-29H2,1-3H3,(H3,45,46,47,50). The average Bonchev–Trinajstić information content (AvgIpc) is 3.17. The molecule has 1 atom stereocenters. The Morgan fingerprint density at radius 2 is 1.67 bits per heavy atom. The molecule has 3 aromatic rings. The molecule has 1 aliphatic heterocycles. The first-order chi connectivity index (χ1) is 26.0. The highest BCUT2D eigenvalue weighted by molar-refractivity contribution is 5.99. The van der Waals surface area contributed by atoms with Gasteiger partial charge in [0.05, 0.1) is 6.61 Å². The number of amides is 1. The number of piperidine rings is 1. The number of aliphatic imine (C=N–C) groups is 1. The van der Waals surface area contributed by atoms with Gasteiger partial charge in [0, 0.05) is 63.4 Å². The number of likely N-dealkylation sites (tertiary alicyclic amines) is 1. The van der Waals surface area contributed by atoms with Crippen molar-refractivity contribution in [2.24, 2.45) is 10.7 Å². The zero-order valence-corrected chi connectivity index (χ0v) is 31.6. The number of ether oxygens (including phenoxy) is 3. The summed E-state index contributed by atoms with van der Waals surface area (Å²) in [7, 11) is 1.61. The molecule has 0 radical (unpaired) electrons. The van der Waals surface area contributed by atoms with E-state index in [0.29, 0.717) is 62.1 Å². The summed E-state index contributed by atoms with van der Waals surface area (Å²) in [6.07, 6.45) is -3.56. The fraction of sp³-hybridized carbons (Fsp3) is 0.488. The van der Waals surface area contributed by atoms with Gasteiger partial charge in [-0.3, -0.25) is 24.9 Å². The molecule has 0 saturated carbocycles. The van der Waals surface area contributed by atoms with E-state index in [9.17, 15) is 22.8 Å². The Morgan fingerprint density at radius 3 is 2.30 bits per heavy atom. The van der Waals surface area contributed by atoms with Gasteiger partial charge in [0.25, 0.3) is 5.91 Å². The van der Waals surface area contributed by atoms with Crippen molar-refractivity contribution in [3.05, 3.63) is 89.5 Å². The summed E-state index contributed by atoms with van der Waals surface area (Å²) in [5.41, 5.74) is 10.1. The highest BCUT2D eigenvalue weighted by Crippen LogP contribution is 2.38. The lowest BCUT2D eigenvalue weighted by molar-refractivity contribution is -0.205. The second-order valence-corrected chi connectivity index (χ2v) is 13.4. The second-order valence-electron chi connectivity index (χ2n) is 13.4. The Bertz CT molecular complexity index is 1630. The van der Waals surface area contributed by atoms with E-state index in [1.54, 1.807) is 13.2 Å². The molecular formula is C41H54F3N5O5. The maximum Gasteiger partial charge on any atom is 0.490 e. The minimum atomic E-state index is -5.31. The SMILES string of the molecule is CCCCN=C(N)NC(=O)C(Cc1ccc(-c2ccccc2)c(OCCCOC)c1CN1CCC(N(CC)Cc2ccccc2)CC1)OC(=O)C(F)(F)F. The van der Waals surface area contributed by atoms with Crippen LogP contribution in [0.5, 0.6) is 5.75 Å². The molecule has 13 heteroatoms. The fourth-order valence-corrected chi connectivity index (χ4v) is 6.59. The summed E-state index contributed by atoms with van der Waals surface area (Å²) in [6, 6.07) is 24.0. The first-order valence-electron chi connectivity index (χ1n) is 18.7. The predicted octanol–water partition coefficient (Wildman–Crippen LogP) is 6.50. The second kappa shape index (κ2) is 21.4. The molecule has 1 aliphatic rings. The summed E-state index contributed by atoms with van der Waals surface area (Å²) in [5, 5.41) is 2.34. The maximum atomic E-state index is 13.5. The number of carbonyl (C=O) groups is 2. The van der Waals surface area contributed by atoms with E-state index in [4.69, 9.17) is 19.9 Å². The van der Waals surface area contributed by atoms with Crippen LogP contribution in [0.25, 0.3) is 11.1 Å². The van der Waals surface area contributed by atoms with Crippen LogP contribution in [0.1, 0.15) is 62.6 Å². The molecule has 54 heavy (non-hydrogen) atoms. The van der Waals surface area contributed by atoms with Crippen molar-refractivity contribution in [1.29, 1.82) is 0 Å². The van der Waals surface area contributed by atoms with Crippen LogP contribution in [0.2, 0.25) is 0 Å². The lowest BCUT2D eigenvalue weighted by Crippen LogP contribution is -2.47. The van der Waals surface area contributed by atoms with E-state index in [0.717, 1.165) is 56.6 Å². The van der Waals surface area contributed by atoms with Gasteiger partial charge in [-0.15, -0.1) is 0 Å². The molecule has 0 aliphatic carbocycles. The zero-order chi connectivity index (χ0) is 38.9. The number of alkyl halides is 3. The summed E-state index contributed by atoms with van der Waals surface area (Å²) < 4.78 is 57.2. The molecule has 0 aromatic heterocycles. The number of esters is 1. The third-order valence-corrected chi connectivity index (χ3v) is 9.49. The molecule has 0 bridgehead atoms. The van der Waals surface area contributed by atoms with Crippen LogP contribution in [0.15, 0.2) is 77.8 Å². The van der Waals surface area contributed by atoms with Crippen LogP contribution in [-0.2, 0) is 38.6 Å². The van der Waals surface area contributed by atoms with Crippen LogP contribution in [0.3, 0.4) is 0 Å². The number of hydrogen-bond acceptors (Lipinski definition) is 8. The van der Waals surface area contributed by atoms with Crippen molar-refractivity contribution >= 4 is 17.8 Å². The van der Waals surface area contributed by atoms with E-state index in [2.05, 4.69) is 51.3 Å². The third-order valence-electron chi connectivity index (χ3n) is 9.49. The minimum absolute atomic E-state index is 0.264. The summed E-state index contributed by atoms with van der Waals surface area (Å²) in [6.45, 7) is 8.95. The van der Waals surface area contributed by atoms with Gasteiger partial charge in [-0.25, -0.2) is 4.79 Å². The third kappa shape index (κ3) is 12.8. The molecule has 1 saturated heterocycles. The van der Waals surface area contributed by atoms with E-state index < -0.39 is 24.2 Å². The average molecular weight is 754 g/mol. The number of rotatable bonds is 19. The molecular weight excluding hydrogens is 699 g/mol. The topological polar surface area (TPSA) is 119 Å². The first kappa shape index (κ1) is 42.3. The van der Waals surface area contributed by atoms with E-state index in [1.165, 1.54) is 5.56 Å². The Balaban J connectivity index is 1.69. The molecule has 10 nitrogen and oxygen atoms in total. The summed E-state index contributed by atoms with van der Waals surface area (Å²) in [5.74, 6) is -3.19. The number of nitrogens with zero attached hydrogens (tertiary/aromatic N) is 3. The van der Waals surface area contributed by atoms with Gasteiger partial charge in [-0.2, -0.15) is 13.2 Å². The highest BCUT2D eigenvalue weighted by atomic mass is 19.4. The van der Waals surface area contributed by atoms with Crippen LogP contribution < -0.4 is 15.8 Å². The Kier molecular flexibility index (Phi) is 16.8. The summed E-state index contributed by atoms with van der Waals surface area (Å²) >= 11 is 0. The van der Waals surface area contributed by atoms with Gasteiger partial charge in [-0.1, -0.05) is 93.1 Å². The number of halogens is 3. The molecule has 1 unspecified atom stereocenters. The lowest BCUT2D eigenvalue weighted by atomic mass is 9.93. The van der Waals surface area contributed by atoms with Gasteiger partial charge >= 0.3 is 12.1 Å². The number of benzene rings is 3. The molecule has 1 heterocycles. The van der Waals surface area contributed by atoms with Gasteiger partial charge in [0.1, 0.15) is 5.75 Å². The highest BCUT2D eigenvalue weighted by Gasteiger charge is 2.43. The van der Waals surface area contributed by atoms with Crippen LogP contribution >= 0.6 is 0 Å². The van der Waals surface area contributed by atoms with Crippen LogP contribution in [0, 0.1) is 0 Å². The smallest absolute Gasteiger partial charge is 0.490 e. The van der Waals surface area contributed by atoms with Crippen molar-refractivity contribution in [3.8, 4) is 16.9 Å². The Morgan fingerprint density at radius 1 is 0.981 bits per heavy atom. The number of nitrogens with one attached hydrogen (secondary N) is 1. The number of methoxy groups -OCH3 is 1. The quantitative estimate of drug-likeness (QED) is 0.0617. The fourth-order valence-electron chi connectivity index (χ4n) is 6.59. The van der Waals surface area contributed by atoms with Crippen molar-refractivity contribution in [2.45, 2.75) is 83.8 Å². The monoisotopic (exact) mass is 753 g/mol. The van der Waals surface area contributed by atoms with Crippen molar-refractivity contribution in [3.63, 3.8) is 0 Å². The predicted molar refractivity (Wildman–Crippen MR) is 204 cm³/mol. The van der Waals surface area contributed by atoms with E-state index in [-0.39, 0.29) is 12.4 Å². The number of hydrogen-bond donors (Lipinski definition) is 2. The van der Waals surface area contributed by atoms with Gasteiger partial charge in [0.2, 0.25) is 0 Å². The van der Waals surface area contributed by atoms with Gasteiger partial charge in [0.15, 0.2) is 12.1 Å². The number of carbonyl (C=O) groups excluding carboxylic acids is 2. The van der Waals surface area contributed by atoms with Gasteiger partial charge < -0.3 is 19.9 Å². The maximum absolute atomic E-state index is 13.5. The number of unbranched alkanes of at least 4 members (excludes halogenated alkanes) is 1. The molecule has 1 amide bonds. The molecule has 0 spiro atoms. The zero-order valence-electron chi connectivity index (χ0n) is 31.6. The van der Waals surface area contributed by atoms with Crippen LogP contribution in [0.4, 0.5) is 13.2 Å². The van der Waals surface area contributed by atoms with E-state index >= 15 is 0 Å². The number of guanidine groups is 1. The molecule has 4 rings (SSSR count). The molecule has 3 aromatic carbocycles. The van der Waals surface area contributed by atoms with Crippen molar-refractivity contribution in [1.82, 2.24) is 15.1 Å². The lowest BCUT2D eigenvalue weighted by Gasteiger charge is -2.38. The van der Waals surface area contributed by atoms with Gasteiger partial charge in [-0.05, 0) is 55.6 Å². The number of nitrogens with two attached hydrogens (primary N) is 1. The molecule has 294 valence electrons. The summed E-state index contributed by atoms with van der Waals surface area (Å²) in [4.78, 5) is 34.5.